The number of aromatic nitrogens is 1. The van der Waals surface area contributed by atoms with Gasteiger partial charge < -0.3 is 15.0 Å². The van der Waals surface area contributed by atoms with E-state index in [-0.39, 0.29) is 5.56 Å². The number of carbonyl (C=O) groups is 1. The Kier molecular flexibility index (Phi) is 7.75. The van der Waals surface area contributed by atoms with Crippen LogP contribution in [0.2, 0.25) is 0 Å². The zero-order valence-corrected chi connectivity index (χ0v) is 23.5. The van der Waals surface area contributed by atoms with Gasteiger partial charge in [0, 0.05) is 37.9 Å². The molecule has 1 aliphatic heterocycles. The van der Waals surface area contributed by atoms with Crippen LogP contribution in [-0.4, -0.2) is 40.1 Å². The summed E-state index contributed by atoms with van der Waals surface area (Å²) in [6.07, 6.45) is 3.12. The van der Waals surface area contributed by atoms with Crippen LogP contribution < -0.4 is 10.5 Å². The summed E-state index contributed by atoms with van der Waals surface area (Å²) < 4.78 is 0. The second-order valence-corrected chi connectivity index (χ2v) is 11.5. The average Bonchev–Trinajstić information content (AvgIpc) is 3.59. The molecule has 3 atom stereocenters. The molecule has 6 rings (SSSR count). The van der Waals surface area contributed by atoms with Gasteiger partial charge in [0.05, 0.1) is 5.69 Å². The zero-order valence-electron chi connectivity index (χ0n) is 23.5. The molecule has 2 fully saturated rings. The van der Waals surface area contributed by atoms with Gasteiger partial charge in [-0.2, -0.15) is 0 Å². The van der Waals surface area contributed by atoms with E-state index >= 15 is 0 Å². The van der Waals surface area contributed by atoms with Crippen LogP contribution in [0.4, 0.5) is 5.69 Å². The molecule has 0 amide bonds. The summed E-state index contributed by atoms with van der Waals surface area (Å²) in [5.74, 6) is 0.0980. The van der Waals surface area contributed by atoms with Crippen molar-refractivity contribution in [2.24, 2.45) is 11.8 Å². The SMILES string of the molecule is CCc1cc(C(=O)O)c(=O)[nH]c1-c1ccc(N2C[C@H]3CC[C@@H](N(Cc4ccccc4)Cc4ccccc4)[C@H]3C2)cc1. The van der Waals surface area contributed by atoms with Gasteiger partial charge in [0.1, 0.15) is 5.56 Å². The van der Waals surface area contributed by atoms with Crippen molar-refractivity contribution in [3.05, 3.63) is 124 Å². The fraction of sp³-hybridized carbons (Fsp3) is 0.314. The number of rotatable bonds is 9. The molecule has 0 radical (unpaired) electrons. The number of H-pyrrole nitrogens is 1. The number of hydrogen-bond donors (Lipinski definition) is 2. The lowest BCUT2D eigenvalue weighted by atomic mass is 9.96. The number of hydrogen-bond acceptors (Lipinski definition) is 4. The Morgan fingerprint density at radius 1 is 0.902 bits per heavy atom. The van der Waals surface area contributed by atoms with Crippen molar-refractivity contribution in [2.75, 3.05) is 18.0 Å². The third-order valence-electron chi connectivity index (χ3n) is 9.00. The normalized spacial score (nSPS) is 20.0. The minimum absolute atomic E-state index is 0.214. The Labute approximate surface area is 241 Å². The van der Waals surface area contributed by atoms with Crippen molar-refractivity contribution in [2.45, 2.75) is 45.3 Å². The molecule has 41 heavy (non-hydrogen) atoms. The average molecular weight is 548 g/mol. The molecule has 1 aliphatic carbocycles. The topological polar surface area (TPSA) is 76.6 Å². The Bertz CT molecular complexity index is 1510. The highest BCUT2D eigenvalue weighted by Crippen LogP contribution is 2.43. The van der Waals surface area contributed by atoms with E-state index < -0.39 is 11.5 Å². The number of fused-ring (bicyclic) bond motifs is 1. The predicted molar refractivity (Wildman–Crippen MR) is 163 cm³/mol. The summed E-state index contributed by atoms with van der Waals surface area (Å²) in [6, 6.07) is 32.1. The molecule has 1 aromatic heterocycles. The highest BCUT2D eigenvalue weighted by atomic mass is 16.4. The van der Waals surface area contributed by atoms with Gasteiger partial charge in [0.2, 0.25) is 0 Å². The van der Waals surface area contributed by atoms with E-state index in [1.165, 1.54) is 35.7 Å². The molecule has 1 saturated heterocycles. The number of aryl methyl sites for hydroxylation is 1. The standard InChI is InChI=1S/C35H37N3O3/c1-2-26-19-30(35(40)41)34(39)36-33(26)27-13-16-29(17-14-27)37-22-28-15-18-32(31(28)23-37)38(20-24-9-5-3-6-10-24)21-25-11-7-4-8-12-25/h3-14,16-17,19,28,31-32H,2,15,18,20-23H2,1H3,(H,36,39)(H,40,41)/t28-,31+,32-/m1/s1. The first-order chi connectivity index (χ1) is 20.0. The van der Waals surface area contributed by atoms with E-state index in [4.69, 9.17) is 0 Å². The van der Waals surface area contributed by atoms with Crippen LogP contribution in [0.15, 0.2) is 95.8 Å². The number of aromatic amines is 1. The molecule has 0 unspecified atom stereocenters. The highest BCUT2D eigenvalue weighted by Gasteiger charge is 2.44. The molecule has 3 aromatic carbocycles. The highest BCUT2D eigenvalue weighted by molar-refractivity contribution is 5.88. The first kappa shape index (κ1) is 27.0. The van der Waals surface area contributed by atoms with Crippen LogP contribution in [0.25, 0.3) is 11.3 Å². The lowest BCUT2D eigenvalue weighted by Crippen LogP contribution is -2.39. The van der Waals surface area contributed by atoms with Crippen molar-refractivity contribution in [3.63, 3.8) is 0 Å². The van der Waals surface area contributed by atoms with Gasteiger partial charge in [-0.05, 0) is 71.6 Å². The minimum Gasteiger partial charge on any atom is -0.477 e. The lowest BCUT2D eigenvalue weighted by molar-refractivity contribution is 0.0695. The molecule has 210 valence electrons. The van der Waals surface area contributed by atoms with Crippen LogP contribution in [0.3, 0.4) is 0 Å². The quantitative estimate of drug-likeness (QED) is 0.260. The van der Waals surface area contributed by atoms with E-state index in [1.807, 2.05) is 19.1 Å². The predicted octanol–water partition coefficient (Wildman–Crippen LogP) is 6.22. The van der Waals surface area contributed by atoms with E-state index in [0.29, 0.717) is 30.0 Å². The fourth-order valence-electron chi connectivity index (χ4n) is 6.93. The molecule has 2 aliphatic rings. The number of pyridine rings is 1. The minimum atomic E-state index is -1.20. The number of carboxylic acids is 1. The van der Waals surface area contributed by atoms with Crippen molar-refractivity contribution in [1.29, 1.82) is 0 Å². The van der Waals surface area contributed by atoms with Gasteiger partial charge in [0.15, 0.2) is 0 Å². The smallest absolute Gasteiger partial charge is 0.341 e. The van der Waals surface area contributed by atoms with Gasteiger partial charge >= 0.3 is 5.97 Å². The molecule has 0 spiro atoms. The molecule has 4 aromatic rings. The maximum Gasteiger partial charge on any atom is 0.341 e. The third-order valence-corrected chi connectivity index (χ3v) is 9.00. The van der Waals surface area contributed by atoms with Crippen molar-refractivity contribution in [1.82, 2.24) is 9.88 Å². The molecule has 6 nitrogen and oxygen atoms in total. The zero-order chi connectivity index (χ0) is 28.3. The number of nitrogens with one attached hydrogen (secondary N) is 1. The van der Waals surface area contributed by atoms with E-state index in [0.717, 1.165) is 37.3 Å². The molecular weight excluding hydrogens is 510 g/mol. The summed E-state index contributed by atoms with van der Waals surface area (Å²) in [6.45, 7) is 5.98. The van der Waals surface area contributed by atoms with Crippen LogP contribution in [-0.2, 0) is 19.5 Å². The number of nitrogens with zero attached hydrogens (tertiary/aromatic N) is 2. The monoisotopic (exact) mass is 547 g/mol. The number of aromatic carboxylic acids is 1. The van der Waals surface area contributed by atoms with Gasteiger partial charge in [-0.25, -0.2) is 4.79 Å². The van der Waals surface area contributed by atoms with Crippen LogP contribution in [0, 0.1) is 11.8 Å². The molecule has 2 heterocycles. The maximum atomic E-state index is 12.4. The number of benzene rings is 3. The summed E-state index contributed by atoms with van der Waals surface area (Å²) >= 11 is 0. The summed E-state index contributed by atoms with van der Waals surface area (Å²) in [4.78, 5) is 31.8. The molecule has 0 bridgehead atoms. The summed E-state index contributed by atoms with van der Waals surface area (Å²) in [5.41, 5.74) is 5.55. The first-order valence-corrected chi connectivity index (χ1v) is 14.7. The summed E-state index contributed by atoms with van der Waals surface area (Å²) in [5, 5.41) is 9.34. The van der Waals surface area contributed by atoms with Gasteiger partial charge in [-0.3, -0.25) is 9.69 Å². The van der Waals surface area contributed by atoms with Crippen molar-refractivity contribution >= 4 is 11.7 Å². The van der Waals surface area contributed by atoms with Gasteiger partial charge in [-0.1, -0.05) is 79.7 Å². The second kappa shape index (κ2) is 11.8. The van der Waals surface area contributed by atoms with E-state index in [9.17, 15) is 14.7 Å². The van der Waals surface area contributed by atoms with E-state index in [1.54, 1.807) is 0 Å². The Morgan fingerprint density at radius 2 is 1.54 bits per heavy atom. The number of carboxylic acid groups (broad SMARTS) is 1. The van der Waals surface area contributed by atoms with Crippen LogP contribution in [0.1, 0.15) is 46.8 Å². The van der Waals surface area contributed by atoms with E-state index in [2.05, 4.69) is 87.6 Å². The Balaban J connectivity index is 1.20. The van der Waals surface area contributed by atoms with Gasteiger partial charge in [0.25, 0.3) is 5.56 Å². The largest absolute Gasteiger partial charge is 0.477 e. The lowest BCUT2D eigenvalue weighted by Gasteiger charge is -2.33. The third kappa shape index (κ3) is 5.70. The van der Waals surface area contributed by atoms with Crippen molar-refractivity contribution < 1.29 is 9.90 Å². The summed E-state index contributed by atoms with van der Waals surface area (Å²) in [7, 11) is 0. The van der Waals surface area contributed by atoms with Crippen LogP contribution >= 0.6 is 0 Å². The molecular formula is C35H37N3O3. The molecule has 6 heteroatoms. The fourth-order valence-corrected chi connectivity index (χ4v) is 6.93. The maximum absolute atomic E-state index is 12.4. The van der Waals surface area contributed by atoms with Crippen LogP contribution in [0.5, 0.6) is 0 Å². The Hall–Kier alpha value is -4.16. The molecule has 2 N–H and O–H groups in total. The van der Waals surface area contributed by atoms with Gasteiger partial charge in [-0.15, -0.1) is 0 Å². The second-order valence-electron chi connectivity index (χ2n) is 11.5. The molecule has 1 saturated carbocycles. The van der Waals surface area contributed by atoms with Crippen molar-refractivity contribution in [3.8, 4) is 11.3 Å². The number of anilines is 1. The first-order valence-electron chi connectivity index (χ1n) is 14.7. The Morgan fingerprint density at radius 3 is 2.12 bits per heavy atom.